The molecule has 0 bridgehead atoms. The monoisotopic (exact) mass is 288 g/mol. The molecule has 0 aliphatic carbocycles. The number of hydrogen-bond donors (Lipinski definition) is 0. The molecule has 100 valence electrons. The van der Waals surface area contributed by atoms with E-state index >= 15 is 0 Å². The van der Waals surface area contributed by atoms with Crippen LogP contribution in [0.15, 0.2) is 82.8 Å². The summed E-state index contributed by atoms with van der Waals surface area (Å²) in [6, 6.07) is 24.0. The lowest BCUT2D eigenvalue weighted by molar-refractivity contribution is 1.48. The van der Waals surface area contributed by atoms with E-state index in [2.05, 4.69) is 33.3 Å². The second-order valence-corrected chi connectivity index (χ2v) is 4.69. The molecule has 3 aromatic carbocycles. The van der Waals surface area contributed by atoms with Crippen molar-refractivity contribution < 1.29 is 0 Å². The van der Waals surface area contributed by atoms with Crippen molar-refractivity contribution in [2.45, 2.75) is 0 Å². The normalized spacial score (nSPS) is 11.1. The van der Waals surface area contributed by atoms with Gasteiger partial charge in [-0.2, -0.15) is 4.99 Å². The van der Waals surface area contributed by atoms with Crippen LogP contribution in [0.3, 0.4) is 0 Å². The molecule has 2 nitrogen and oxygen atoms in total. The van der Waals surface area contributed by atoms with Crippen LogP contribution in [0.2, 0.25) is 0 Å². The maximum atomic E-state index is 4.74. The van der Waals surface area contributed by atoms with Crippen LogP contribution < -0.4 is 0 Å². The van der Waals surface area contributed by atoms with Gasteiger partial charge < -0.3 is 0 Å². The van der Waals surface area contributed by atoms with E-state index in [4.69, 9.17) is 12.2 Å². The third-order valence-electron chi connectivity index (χ3n) is 3.18. The second kappa shape index (κ2) is 6.23. The predicted molar refractivity (Wildman–Crippen MR) is 91.6 cm³/mol. The summed E-state index contributed by atoms with van der Waals surface area (Å²) in [5, 5.41) is 4.65. The van der Waals surface area contributed by atoms with E-state index in [0.29, 0.717) is 5.84 Å². The van der Waals surface area contributed by atoms with Gasteiger partial charge in [-0.05, 0) is 23.7 Å². The third kappa shape index (κ3) is 2.95. The van der Waals surface area contributed by atoms with Crippen LogP contribution in [0.5, 0.6) is 0 Å². The zero-order valence-electron chi connectivity index (χ0n) is 11.2. The Labute approximate surface area is 128 Å². The highest BCUT2D eigenvalue weighted by atomic mass is 32.1. The largest absolute Gasteiger partial charge is 0.227 e. The molecular weight excluding hydrogens is 276 g/mol. The zero-order chi connectivity index (χ0) is 14.5. The van der Waals surface area contributed by atoms with Crippen molar-refractivity contribution in [3.8, 4) is 0 Å². The minimum absolute atomic E-state index is 0.571. The van der Waals surface area contributed by atoms with Gasteiger partial charge >= 0.3 is 0 Å². The molecule has 0 N–H and O–H groups in total. The standard InChI is InChI=1S/C18H12N2S/c21-13-19-18(15-8-2-1-3-9-15)20-17-12-6-10-14-7-4-5-11-16(14)17/h1-12H. The maximum Gasteiger partial charge on any atom is 0.170 e. The van der Waals surface area contributed by atoms with Crippen LogP contribution in [0.25, 0.3) is 10.8 Å². The van der Waals surface area contributed by atoms with Crippen LogP contribution in [0.4, 0.5) is 5.69 Å². The SMILES string of the molecule is S=C=NC(=Nc1cccc2ccccc12)c1ccccc1. The number of fused-ring (bicyclic) bond motifs is 1. The van der Waals surface area contributed by atoms with Crippen molar-refractivity contribution in [1.82, 2.24) is 0 Å². The molecular formula is C18H12N2S. The Kier molecular flexibility index (Phi) is 3.97. The van der Waals surface area contributed by atoms with Crippen molar-refractivity contribution in [2.75, 3.05) is 0 Å². The summed E-state index contributed by atoms with van der Waals surface area (Å²) in [4.78, 5) is 8.78. The summed E-state index contributed by atoms with van der Waals surface area (Å²) in [5.74, 6) is 0.571. The smallest absolute Gasteiger partial charge is 0.170 e. The van der Waals surface area contributed by atoms with Crippen LogP contribution >= 0.6 is 12.2 Å². The first-order valence-electron chi connectivity index (χ1n) is 6.58. The number of rotatable bonds is 2. The van der Waals surface area contributed by atoms with Gasteiger partial charge in [-0.3, -0.25) is 0 Å². The summed E-state index contributed by atoms with van der Waals surface area (Å²) >= 11 is 4.74. The molecule has 0 radical (unpaired) electrons. The first kappa shape index (κ1) is 13.4. The van der Waals surface area contributed by atoms with E-state index in [1.165, 1.54) is 0 Å². The molecule has 0 aromatic heterocycles. The molecule has 21 heavy (non-hydrogen) atoms. The lowest BCUT2D eigenvalue weighted by atomic mass is 10.1. The minimum atomic E-state index is 0.571. The molecule has 0 heterocycles. The fourth-order valence-electron chi connectivity index (χ4n) is 2.20. The van der Waals surface area contributed by atoms with Gasteiger partial charge in [0.2, 0.25) is 0 Å². The average Bonchev–Trinajstić information content (AvgIpc) is 2.55. The number of thiocarbonyl (C=S) groups is 1. The van der Waals surface area contributed by atoms with Gasteiger partial charge in [0.05, 0.1) is 10.8 Å². The van der Waals surface area contributed by atoms with Gasteiger partial charge in [-0.15, -0.1) is 0 Å². The summed E-state index contributed by atoms with van der Waals surface area (Å²) < 4.78 is 0. The van der Waals surface area contributed by atoms with Gasteiger partial charge in [0.1, 0.15) is 0 Å². The molecule has 3 rings (SSSR count). The van der Waals surface area contributed by atoms with E-state index in [1.807, 2.05) is 54.6 Å². The second-order valence-electron chi connectivity index (χ2n) is 4.50. The van der Waals surface area contributed by atoms with Gasteiger partial charge in [0.15, 0.2) is 5.84 Å². The van der Waals surface area contributed by atoms with Crippen LogP contribution in [0.1, 0.15) is 5.56 Å². The van der Waals surface area contributed by atoms with Gasteiger partial charge in [-0.1, -0.05) is 66.7 Å². The summed E-state index contributed by atoms with van der Waals surface area (Å²) in [7, 11) is 0. The van der Waals surface area contributed by atoms with E-state index in [9.17, 15) is 0 Å². The lowest BCUT2D eigenvalue weighted by Crippen LogP contribution is -1.95. The number of nitrogens with zero attached hydrogens (tertiary/aromatic N) is 2. The number of isothiocyanates is 1. The quantitative estimate of drug-likeness (QED) is 0.369. The zero-order valence-corrected chi connectivity index (χ0v) is 12.0. The minimum Gasteiger partial charge on any atom is -0.227 e. The summed E-state index contributed by atoms with van der Waals surface area (Å²) in [5.41, 5.74) is 1.80. The molecule has 0 atom stereocenters. The van der Waals surface area contributed by atoms with Gasteiger partial charge in [0.25, 0.3) is 0 Å². The summed E-state index contributed by atoms with van der Waals surface area (Å²) in [6.07, 6.45) is 0. The molecule has 0 unspecified atom stereocenters. The van der Waals surface area contributed by atoms with Crippen LogP contribution in [-0.2, 0) is 0 Å². The van der Waals surface area contributed by atoms with Crippen molar-refractivity contribution >= 4 is 39.7 Å². The fourth-order valence-corrected chi connectivity index (χ4v) is 2.29. The molecule has 0 saturated heterocycles. The molecule has 0 fully saturated rings. The number of amidine groups is 1. The highest BCUT2D eigenvalue weighted by Crippen LogP contribution is 2.26. The Bertz CT molecular complexity index is 842. The van der Waals surface area contributed by atoms with E-state index in [0.717, 1.165) is 22.0 Å². The molecule has 3 aromatic rings. The first-order valence-corrected chi connectivity index (χ1v) is 6.99. The van der Waals surface area contributed by atoms with Crippen LogP contribution in [0, 0.1) is 0 Å². The topological polar surface area (TPSA) is 24.7 Å². The third-order valence-corrected chi connectivity index (χ3v) is 3.27. The Balaban J connectivity index is 2.19. The van der Waals surface area contributed by atoms with Crippen molar-refractivity contribution in [3.05, 3.63) is 78.4 Å². The average molecular weight is 288 g/mol. The van der Waals surface area contributed by atoms with Crippen molar-refractivity contribution in [2.24, 2.45) is 9.98 Å². The Hall–Kier alpha value is -2.61. The lowest BCUT2D eigenvalue weighted by Gasteiger charge is -2.04. The first-order chi connectivity index (χ1) is 10.4. The Morgan fingerprint density at radius 2 is 1.52 bits per heavy atom. The van der Waals surface area contributed by atoms with E-state index in [1.54, 1.807) is 0 Å². The van der Waals surface area contributed by atoms with Gasteiger partial charge in [0, 0.05) is 10.9 Å². The fraction of sp³-hybridized carbons (Fsp3) is 0. The molecule has 3 heteroatoms. The van der Waals surface area contributed by atoms with E-state index in [-0.39, 0.29) is 0 Å². The molecule has 0 aliphatic heterocycles. The van der Waals surface area contributed by atoms with Crippen molar-refractivity contribution in [1.29, 1.82) is 0 Å². The van der Waals surface area contributed by atoms with Gasteiger partial charge in [-0.25, -0.2) is 4.99 Å². The van der Waals surface area contributed by atoms with Crippen molar-refractivity contribution in [3.63, 3.8) is 0 Å². The Morgan fingerprint density at radius 3 is 2.33 bits per heavy atom. The molecule has 0 aliphatic rings. The van der Waals surface area contributed by atoms with E-state index < -0.39 is 0 Å². The number of aliphatic imine (C=N–C) groups is 2. The maximum absolute atomic E-state index is 4.74. The number of hydrogen-bond acceptors (Lipinski definition) is 2. The highest BCUT2D eigenvalue weighted by molar-refractivity contribution is 7.78. The summed E-state index contributed by atoms with van der Waals surface area (Å²) in [6.45, 7) is 0. The number of benzene rings is 3. The molecule has 0 saturated carbocycles. The Morgan fingerprint density at radius 1 is 0.810 bits per heavy atom. The molecule has 0 spiro atoms. The molecule has 0 amide bonds. The highest BCUT2D eigenvalue weighted by Gasteiger charge is 2.04. The predicted octanol–water partition coefficient (Wildman–Crippen LogP) is 5.02. The van der Waals surface area contributed by atoms with Crippen LogP contribution in [-0.4, -0.2) is 11.0 Å².